The Morgan fingerprint density at radius 2 is 1.45 bits per heavy atom. The van der Waals surface area contributed by atoms with Crippen LogP contribution in [0.2, 0.25) is 0 Å². The molecule has 12 nitrogen and oxygen atoms in total. The molecule has 212 valence electrons. The van der Waals surface area contributed by atoms with E-state index in [1.807, 2.05) is 0 Å². The van der Waals surface area contributed by atoms with Crippen LogP contribution in [-0.2, 0) is 33.5 Å². The number of methoxy groups -OCH3 is 1. The quantitative estimate of drug-likeness (QED) is 0.298. The summed E-state index contributed by atoms with van der Waals surface area (Å²) in [5.41, 5.74) is -0.840. The van der Waals surface area contributed by atoms with Crippen LogP contribution in [0.25, 0.3) is 0 Å². The van der Waals surface area contributed by atoms with Crippen molar-refractivity contribution in [3.63, 3.8) is 0 Å². The minimum atomic E-state index is -1.14. The van der Waals surface area contributed by atoms with Gasteiger partial charge < -0.3 is 30.3 Å². The van der Waals surface area contributed by atoms with Crippen molar-refractivity contribution in [2.24, 2.45) is 11.3 Å². The molecule has 1 saturated carbocycles. The Labute approximate surface area is 226 Å². The van der Waals surface area contributed by atoms with Crippen molar-refractivity contribution < 1.29 is 38.6 Å². The van der Waals surface area contributed by atoms with E-state index in [1.165, 1.54) is 28.7 Å². The summed E-state index contributed by atoms with van der Waals surface area (Å²) >= 11 is 1.37. The third kappa shape index (κ3) is 7.61. The fourth-order valence-corrected chi connectivity index (χ4v) is 5.52. The van der Waals surface area contributed by atoms with Gasteiger partial charge in [0.1, 0.15) is 12.1 Å². The zero-order valence-corrected chi connectivity index (χ0v) is 23.2. The summed E-state index contributed by atoms with van der Waals surface area (Å²) in [6, 6.07) is -2.71. The van der Waals surface area contributed by atoms with Crippen LogP contribution in [0.3, 0.4) is 0 Å². The number of likely N-dealkylation sites (tertiary alicyclic amines) is 2. The largest absolute Gasteiger partial charge is 0.480 e. The lowest BCUT2D eigenvalue weighted by Gasteiger charge is -2.31. The third-order valence-electron chi connectivity index (χ3n) is 7.20. The Kier molecular flexibility index (Phi) is 9.66. The van der Waals surface area contributed by atoms with E-state index in [4.69, 9.17) is 4.74 Å². The maximum Gasteiger partial charge on any atom is 0.328 e. The Hall–Kier alpha value is -2.83. The SMILES string of the molecule is COC(=O)[C@@H]1C[C@H](NC(=O)CSC)CN1C(=O)CC(C)(C)CC(=O)N1C[C@@H](NC(=O)C2CC2)C[C@H]1C(=O)O. The summed E-state index contributed by atoms with van der Waals surface area (Å²) in [7, 11) is 1.24. The molecule has 0 radical (unpaired) electrons. The summed E-state index contributed by atoms with van der Waals surface area (Å²) in [5.74, 6) is -2.52. The van der Waals surface area contributed by atoms with Gasteiger partial charge in [0.15, 0.2) is 0 Å². The fraction of sp³-hybridized carbons (Fsp3) is 0.760. The molecule has 3 rings (SSSR count). The molecule has 2 heterocycles. The molecule has 3 N–H and O–H groups in total. The van der Waals surface area contributed by atoms with E-state index in [2.05, 4.69) is 10.6 Å². The molecule has 0 aromatic rings. The predicted octanol–water partition coefficient (Wildman–Crippen LogP) is -0.00520. The minimum Gasteiger partial charge on any atom is -0.480 e. The van der Waals surface area contributed by atoms with Crippen molar-refractivity contribution >= 4 is 47.3 Å². The van der Waals surface area contributed by atoms with Crippen LogP contribution in [0, 0.1) is 11.3 Å². The summed E-state index contributed by atoms with van der Waals surface area (Å²) in [4.78, 5) is 77.6. The molecule has 3 fully saturated rings. The lowest BCUT2D eigenvalue weighted by molar-refractivity contribution is -0.152. The van der Waals surface area contributed by atoms with E-state index in [-0.39, 0.29) is 68.2 Å². The van der Waals surface area contributed by atoms with Crippen molar-refractivity contribution in [2.45, 2.75) is 76.5 Å². The number of hydrogen-bond donors (Lipinski definition) is 3. The van der Waals surface area contributed by atoms with Crippen LogP contribution < -0.4 is 10.6 Å². The first kappa shape index (κ1) is 29.7. The molecule has 3 aliphatic rings. The summed E-state index contributed by atoms with van der Waals surface area (Å²) < 4.78 is 4.87. The van der Waals surface area contributed by atoms with Gasteiger partial charge in [-0.2, -0.15) is 11.8 Å². The number of amides is 4. The number of carboxylic acid groups (broad SMARTS) is 1. The Morgan fingerprint density at radius 3 is 1.95 bits per heavy atom. The number of carboxylic acids is 1. The van der Waals surface area contributed by atoms with E-state index in [1.54, 1.807) is 20.1 Å². The highest BCUT2D eigenvalue weighted by molar-refractivity contribution is 7.99. The smallest absolute Gasteiger partial charge is 0.328 e. The second-order valence-corrected chi connectivity index (χ2v) is 12.0. The second-order valence-electron chi connectivity index (χ2n) is 11.2. The molecule has 0 bridgehead atoms. The van der Waals surface area contributed by atoms with Crippen LogP contribution in [0.1, 0.15) is 52.4 Å². The summed E-state index contributed by atoms with van der Waals surface area (Å²) in [5, 5.41) is 15.4. The number of thioether (sulfide) groups is 1. The number of nitrogens with zero attached hydrogens (tertiary/aromatic N) is 2. The molecule has 0 unspecified atom stereocenters. The highest BCUT2D eigenvalue weighted by Crippen LogP contribution is 2.32. The van der Waals surface area contributed by atoms with Gasteiger partial charge in [-0.15, -0.1) is 0 Å². The highest BCUT2D eigenvalue weighted by atomic mass is 32.2. The molecule has 1 aliphatic carbocycles. The molecule has 2 saturated heterocycles. The molecule has 0 spiro atoms. The Balaban J connectivity index is 1.62. The van der Waals surface area contributed by atoms with Crippen LogP contribution in [-0.4, -0.2) is 107 Å². The first-order valence-electron chi connectivity index (χ1n) is 12.8. The van der Waals surface area contributed by atoms with Gasteiger partial charge in [-0.25, -0.2) is 9.59 Å². The molecule has 4 atom stereocenters. The van der Waals surface area contributed by atoms with E-state index in [0.29, 0.717) is 0 Å². The van der Waals surface area contributed by atoms with Crippen LogP contribution in [0.5, 0.6) is 0 Å². The van der Waals surface area contributed by atoms with Gasteiger partial charge in [0.25, 0.3) is 0 Å². The predicted molar refractivity (Wildman–Crippen MR) is 138 cm³/mol. The van der Waals surface area contributed by atoms with Gasteiger partial charge >= 0.3 is 11.9 Å². The zero-order chi connectivity index (χ0) is 28.2. The summed E-state index contributed by atoms with van der Waals surface area (Å²) in [6.07, 6.45) is 3.67. The van der Waals surface area contributed by atoms with Crippen molar-refractivity contribution in [1.29, 1.82) is 0 Å². The first-order chi connectivity index (χ1) is 17.8. The van der Waals surface area contributed by atoms with Gasteiger partial charge in [-0.1, -0.05) is 13.8 Å². The maximum atomic E-state index is 13.3. The number of rotatable bonds is 11. The summed E-state index contributed by atoms with van der Waals surface area (Å²) in [6.45, 7) is 3.73. The number of carbonyl (C=O) groups excluding carboxylic acids is 5. The minimum absolute atomic E-state index is 0.0224. The fourth-order valence-electron chi connectivity index (χ4n) is 5.18. The number of esters is 1. The van der Waals surface area contributed by atoms with Gasteiger partial charge in [0, 0.05) is 56.8 Å². The molecule has 2 aliphatic heterocycles. The average molecular weight is 555 g/mol. The van der Waals surface area contributed by atoms with Gasteiger partial charge in [-0.3, -0.25) is 19.2 Å². The number of ether oxygens (including phenoxy) is 1. The van der Waals surface area contributed by atoms with E-state index < -0.39 is 47.4 Å². The Bertz CT molecular complexity index is 969. The molecule has 0 aromatic heterocycles. The lowest BCUT2D eigenvalue weighted by atomic mass is 9.84. The third-order valence-corrected chi connectivity index (χ3v) is 7.75. The lowest BCUT2D eigenvalue weighted by Crippen LogP contribution is -2.45. The van der Waals surface area contributed by atoms with Crippen LogP contribution in [0.4, 0.5) is 0 Å². The molecule has 38 heavy (non-hydrogen) atoms. The molecular formula is C25H38N4O8S. The second kappa shape index (κ2) is 12.4. The number of hydrogen-bond acceptors (Lipinski definition) is 8. The van der Waals surface area contributed by atoms with Crippen molar-refractivity contribution in [3.05, 3.63) is 0 Å². The monoisotopic (exact) mass is 554 g/mol. The van der Waals surface area contributed by atoms with E-state index >= 15 is 0 Å². The molecule has 13 heteroatoms. The maximum absolute atomic E-state index is 13.3. The average Bonchev–Trinajstić information content (AvgIpc) is 3.46. The zero-order valence-electron chi connectivity index (χ0n) is 22.4. The number of nitrogens with one attached hydrogen (secondary N) is 2. The van der Waals surface area contributed by atoms with E-state index in [0.717, 1.165) is 12.8 Å². The normalized spacial score (nSPS) is 25.2. The molecule has 0 aromatic carbocycles. The topological polar surface area (TPSA) is 162 Å². The molecular weight excluding hydrogens is 516 g/mol. The molecule has 4 amide bonds. The van der Waals surface area contributed by atoms with Crippen LogP contribution in [0.15, 0.2) is 0 Å². The highest BCUT2D eigenvalue weighted by Gasteiger charge is 2.45. The number of aliphatic carboxylic acids is 1. The van der Waals surface area contributed by atoms with Crippen molar-refractivity contribution in [3.8, 4) is 0 Å². The Morgan fingerprint density at radius 1 is 0.921 bits per heavy atom. The standard InChI is InChI=1S/C25H38N4O8S/c1-25(2,9-20(31)28-12-16(7-17(28)23(34)35)27-22(33)14-5-6-14)10-21(32)29-11-15(26-19(30)13-38-4)8-18(29)24(36)37-3/h14-18H,5-13H2,1-4H3,(H,26,30)(H,27,33)(H,34,35)/t15-,16-,17-,18-/m0/s1. The van der Waals surface area contributed by atoms with Crippen molar-refractivity contribution in [1.82, 2.24) is 20.4 Å². The van der Waals surface area contributed by atoms with Crippen LogP contribution >= 0.6 is 11.8 Å². The van der Waals surface area contributed by atoms with Gasteiger partial charge in [0.05, 0.1) is 12.9 Å². The van der Waals surface area contributed by atoms with E-state index in [9.17, 15) is 33.9 Å². The number of carbonyl (C=O) groups is 6. The first-order valence-corrected chi connectivity index (χ1v) is 14.2. The van der Waals surface area contributed by atoms with Crippen molar-refractivity contribution in [2.75, 3.05) is 32.2 Å². The van der Waals surface area contributed by atoms with Gasteiger partial charge in [-0.05, 0) is 24.5 Å². The van der Waals surface area contributed by atoms with Gasteiger partial charge in [0.2, 0.25) is 23.6 Å².